The Balaban J connectivity index is 1.77. The lowest BCUT2D eigenvalue weighted by Crippen LogP contribution is -2.62. The molecule has 1 spiro atoms. The summed E-state index contributed by atoms with van der Waals surface area (Å²) in [5.74, 6) is 0.366. The minimum absolute atomic E-state index is 0.0703. The number of hydrogen-bond acceptors (Lipinski definition) is 4. The Morgan fingerprint density at radius 2 is 2.00 bits per heavy atom. The zero-order valence-electron chi connectivity index (χ0n) is 14.9. The molecule has 0 saturated carbocycles. The van der Waals surface area contributed by atoms with Crippen LogP contribution in [0.4, 0.5) is 0 Å². The van der Waals surface area contributed by atoms with Crippen LogP contribution < -0.4 is 0 Å². The van der Waals surface area contributed by atoms with Gasteiger partial charge in [0.2, 0.25) is 5.91 Å². The number of aryl methyl sites for hydroxylation is 1. The maximum absolute atomic E-state index is 12.9. The van der Waals surface area contributed by atoms with Crippen LogP contribution in [0.25, 0.3) is 0 Å². The lowest BCUT2D eigenvalue weighted by molar-refractivity contribution is -0.129. The van der Waals surface area contributed by atoms with E-state index in [-0.39, 0.29) is 17.4 Å². The van der Waals surface area contributed by atoms with Crippen molar-refractivity contribution in [3.63, 3.8) is 0 Å². The Morgan fingerprint density at radius 3 is 2.71 bits per heavy atom. The van der Waals surface area contributed by atoms with Crippen LogP contribution >= 0.6 is 11.3 Å². The number of hydrogen-bond donors (Lipinski definition) is 0. The predicted octanol–water partition coefficient (Wildman–Crippen LogP) is 2.08. The smallest absolute Gasteiger partial charge is 0.264 e. The van der Waals surface area contributed by atoms with Crippen molar-refractivity contribution in [1.82, 2.24) is 14.7 Å². The predicted molar refractivity (Wildman–Crippen MR) is 96.4 cm³/mol. The van der Waals surface area contributed by atoms with Gasteiger partial charge in [-0.1, -0.05) is 6.92 Å². The molecule has 1 atom stereocenters. The number of thiophene rings is 1. The molecule has 1 aromatic heterocycles. The number of carbonyl (C=O) groups is 2. The molecule has 2 aliphatic rings. The molecule has 3 rings (SSSR count). The number of carbonyl (C=O) groups excluding carboxylic acids is 2. The van der Waals surface area contributed by atoms with Crippen LogP contribution in [-0.4, -0.2) is 72.3 Å². The average molecular weight is 350 g/mol. The van der Waals surface area contributed by atoms with Crippen molar-refractivity contribution in [2.45, 2.75) is 38.1 Å². The van der Waals surface area contributed by atoms with Gasteiger partial charge in [-0.2, -0.15) is 0 Å². The third kappa shape index (κ3) is 3.22. The molecule has 0 bridgehead atoms. The van der Waals surface area contributed by atoms with Crippen LogP contribution in [0, 0.1) is 0 Å². The van der Waals surface area contributed by atoms with Crippen molar-refractivity contribution in [3.8, 4) is 0 Å². The maximum Gasteiger partial charge on any atom is 0.264 e. The van der Waals surface area contributed by atoms with Gasteiger partial charge in [0.05, 0.1) is 4.88 Å². The normalized spacial score (nSPS) is 26.0. The fourth-order valence-electron chi connectivity index (χ4n) is 3.77. The molecule has 0 aromatic carbocycles. The van der Waals surface area contributed by atoms with Crippen LogP contribution in [-0.2, 0) is 11.2 Å². The van der Waals surface area contributed by atoms with Gasteiger partial charge in [-0.25, -0.2) is 0 Å². The van der Waals surface area contributed by atoms with Gasteiger partial charge < -0.3 is 9.80 Å². The molecule has 2 saturated heterocycles. The molecule has 2 amide bonds. The lowest BCUT2D eigenvalue weighted by atomic mass is 9.86. The van der Waals surface area contributed by atoms with Crippen molar-refractivity contribution in [3.05, 3.63) is 21.9 Å². The van der Waals surface area contributed by atoms with E-state index in [1.54, 1.807) is 11.3 Å². The summed E-state index contributed by atoms with van der Waals surface area (Å²) in [7, 11) is 4.02. The number of likely N-dealkylation sites (N-methyl/N-ethyl adjacent to an activating group) is 1. The minimum atomic E-state index is -0.0703. The monoisotopic (exact) mass is 349 g/mol. The molecule has 6 heteroatoms. The third-order valence-corrected chi connectivity index (χ3v) is 6.87. The highest BCUT2D eigenvalue weighted by Crippen LogP contribution is 2.33. The van der Waals surface area contributed by atoms with Gasteiger partial charge in [0.1, 0.15) is 0 Å². The first-order valence-electron chi connectivity index (χ1n) is 8.78. The van der Waals surface area contributed by atoms with E-state index in [2.05, 4.69) is 24.9 Å². The standard InChI is InChI=1S/C18H27N3O2S/c1-4-14-5-6-15(24-14)17(23)21-12-11-20(3)18(13-21)8-7-16(22)19(2)10-9-18/h5-6H,4,7-13H2,1-3H3/t18-/m0/s1. The van der Waals surface area contributed by atoms with E-state index < -0.39 is 0 Å². The fourth-order valence-corrected chi connectivity index (χ4v) is 4.69. The second kappa shape index (κ2) is 6.84. The molecule has 0 radical (unpaired) electrons. The minimum Gasteiger partial charge on any atom is -0.346 e. The summed E-state index contributed by atoms with van der Waals surface area (Å²) in [4.78, 5) is 33.3. The molecule has 24 heavy (non-hydrogen) atoms. The van der Waals surface area contributed by atoms with E-state index in [4.69, 9.17) is 0 Å². The van der Waals surface area contributed by atoms with Crippen LogP contribution in [0.5, 0.6) is 0 Å². The largest absolute Gasteiger partial charge is 0.346 e. The summed E-state index contributed by atoms with van der Waals surface area (Å²) in [5, 5.41) is 0. The van der Waals surface area contributed by atoms with E-state index in [1.165, 1.54) is 4.88 Å². The van der Waals surface area contributed by atoms with Crippen molar-refractivity contribution < 1.29 is 9.59 Å². The van der Waals surface area contributed by atoms with Crippen LogP contribution in [0.15, 0.2) is 12.1 Å². The van der Waals surface area contributed by atoms with E-state index in [9.17, 15) is 9.59 Å². The molecule has 0 aliphatic carbocycles. The van der Waals surface area contributed by atoms with Crippen molar-refractivity contribution in [2.75, 3.05) is 40.3 Å². The van der Waals surface area contributed by atoms with E-state index in [0.717, 1.165) is 50.3 Å². The fraction of sp³-hybridized carbons (Fsp3) is 0.667. The number of amides is 2. The zero-order valence-corrected chi connectivity index (χ0v) is 15.7. The van der Waals surface area contributed by atoms with Crippen LogP contribution in [0.2, 0.25) is 0 Å². The lowest BCUT2D eigenvalue weighted by Gasteiger charge is -2.49. The summed E-state index contributed by atoms with van der Waals surface area (Å²) in [6.45, 7) is 5.24. The molecular formula is C18H27N3O2S. The molecule has 2 aliphatic heterocycles. The van der Waals surface area contributed by atoms with E-state index in [1.807, 2.05) is 22.9 Å². The Kier molecular flexibility index (Phi) is 4.97. The van der Waals surface area contributed by atoms with Gasteiger partial charge in [0.15, 0.2) is 0 Å². The number of piperazine rings is 1. The number of likely N-dealkylation sites (tertiary alicyclic amines) is 1. The van der Waals surface area contributed by atoms with Gasteiger partial charge in [0.25, 0.3) is 5.91 Å². The molecule has 0 unspecified atom stereocenters. The van der Waals surface area contributed by atoms with Gasteiger partial charge >= 0.3 is 0 Å². The Morgan fingerprint density at radius 1 is 1.21 bits per heavy atom. The van der Waals surface area contributed by atoms with Gasteiger partial charge in [-0.15, -0.1) is 11.3 Å². The van der Waals surface area contributed by atoms with Gasteiger partial charge in [-0.3, -0.25) is 14.5 Å². The first-order chi connectivity index (χ1) is 11.4. The third-order valence-electron chi connectivity index (χ3n) is 5.65. The maximum atomic E-state index is 12.9. The highest BCUT2D eigenvalue weighted by Gasteiger charge is 2.43. The SMILES string of the molecule is CCc1ccc(C(=O)N2CCN(C)[C@]3(CCC(=O)N(C)CC3)C2)s1. The second-order valence-corrected chi connectivity index (χ2v) is 8.23. The van der Waals surface area contributed by atoms with Crippen molar-refractivity contribution in [1.29, 1.82) is 0 Å². The molecule has 0 N–H and O–H groups in total. The topological polar surface area (TPSA) is 43.9 Å². The molecule has 3 heterocycles. The summed E-state index contributed by atoms with van der Waals surface area (Å²) in [5.41, 5.74) is -0.0703. The second-order valence-electron chi connectivity index (χ2n) is 7.06. The number of nitrogens with zero attached hydrogens (tertiary/aromatic N) is 3. The van der Waals surface area contributed by atoms with Crippen LogP contribution in [0.1, 0.15) is 40.7 Å². The first kappa shape index (κ1) is 17.4. The molecule has 2 fully saturated rings. The van der Waals surface area contributed by atoms with Crippen LogP contribution in [0.3, 0.4) is 0 Å². The van der Waals surface area contributed by atoms with E-state index >= 15 is 0 Å². The Bertz CT molecular complexity index is 630. The quantitative estimate of drug-likeness (QED) is 0.821. The summed E-state index contributed by atoms with van der Waals surface area (Å²) in [6, 6.07) is 4.02. The Labute approximate surface area is 148 Å². The highest BCUT2D eigenvalue weighted by molar-refractivity contribution is 7.14. The summed E-state index contributed by atoms with van der Waals surface area (Å²) in [6.07, 6.45) is 3.31. The molecule has 5 nitrogen and oxygen atoms in total. The average Bonchev–Trinajstić information content (AvgIpc) is 3.02. The van der Waals surface area contributed by atoms with Crippen molar-refractivity contribution >= 4 is 23.2 Å². The van der Waals surface area contributed by atoms with Crippen molar-refractivity contribution in [2.24, 2.45) is 0 Å². The first-order valence-corrected chi connectivity index (χ1v) is 9.60. The summed E-state index contributed by atoms with van der Waals surface area (Å²) >= 11 is 1.61. The molecular weight excluding hydrogens is 322 g/mol. The zero-order chi connectivity index (χ0) is 17.3. The van der Waals surface area contributed by atoms with E-state index in [0.29, 0.717) is 6.42 Å². The summed E-state index contributed by atoms with van der Waals surface area (Å²) < 4.78 is 0. The number of rotatable bonds is 2. The Hall–Kier alpha value is -1.40. The molecule has 1 aromatic rings. The molecule has 132 valence electrons. The van der Waals surface area contributed by atoms with Gasteiger partial charge in [0, 0.05) is 50.1 Å². The van der Waals surface area contributed by atoms with Gasteiger partial charge in [-0.05, 0) is 38.4 Å². The highest BCUT2D eigenvalue weighted by atomic mass is 32.1.